The van der Waals surface area contributed by atoms with Crippen molar-refractivity contribution < 1.29 is 13.2 Å². The lowest BCUT2D eigenvalue weighted by molar-refractivity contribution is -0.138. The second-order valence-electron chi connectivity index (χ2n) is 6.30. The number of alkyl halides is 3. The van der Waals surface area contributed by atoms with Crippen LogP contribution in [0.2, 0.25) is 0 Å². The van der Waals surface area contributed by atoms with Gasteiger partial charge in [-0.3, -0.25) is 0 Å². The highest BCUT2D eigenvalue weighted by Gasteiger charge is 2.55. The summed E-state index contributed by atoms with van der Waals surface area (Å²) in [5.74, 6) is -0.731. The van der Waals surface area contributed by atoms with Crippen molar-refractivity contribution in [3.8, 4) is 18.2 Å². The summed E-state index contributed by atoms with van der Waals surface area (Å²) in [5.41, 5.74) is 3.26. The Balaban J connectivity index is 2.39. The smallest absolute Gasteiger partial charge is 0.399 e. The SMILES string of the molecule is N#CC1=C(N)C(C#N)(C#N)[C@H](c2ccccc2C(F)(F)F)[C@H]2CSCC=C12. The standard InChI is InChI=1S/C19H13F3N4S/c20-19(21,22)15-4-2-1-3-12(15)16-14-8-27-6-5-11(14)13(7-23)17(26)18(16,9-24)10-25/h1-5,14,16H,6,8,26H2/t14-,16+/m0/s1. The lowest BCUT2D eigenvalue weighted by Gasteiger charge is -2.43. The molecule has 4 nitrogen and oxygen atoms in total. The molecule has 1 aromatic carbocycles. The second-order valence-corrected chi connectivity index (χ2v) is 7.37. The van der Waals surface area contributed by atoms with Gasteiger partial charge in [0.25, 0.3) is 0 Å². The topological polar surface area (TPSA) is 97.4 Å². The molecule has 0 spiro atoms. The summed E-state index contributed by atoms with van der Waals surface area (Å²) in [6.07, 6.45) is -2.89. The van der Waals surface area contributed by atoms with Gasteiger partial charge in [0, 0.05) is 23.3 Å². The zero-order chi connectivity index (χ0) is 19.8. The number of nitrogens with two attached hydrogens (primary N) is 1. The molecule has 1 aromatic rings. The van der Waals surface area contributed by atoms with E-state index in [1.165, 1.54) is 30.0 Å². The molecule has 0 unspecified atom stereocenters. The molecule has 3 rings (SSSR count). The number of halogens is 3. The van der Waals surface area contributed by atoms with Crippen LogP contribution in [0.3, 0.4) is 0 Å². The largest absolute Gasteiger partial charge is 0.416 e. The molecule has 0 saturated carbocycles. The van der Waals surface area contributed by atoms with Gasteiger partial charge in [0.2, 0.25) is 0 Å². The minimum Gasteiger partial charge on any atom is -0.399 e. The van der Waals surface area contributed by atoms with Crippen molar-refractivity contribution in [1.82, 2.24) is 0 Å². The molecule has 136 valence electrons. The van der Waals surface area contributed by atoms with Gasteiger partial charge in [0.05, 0.1) is 29.0 Å². The zero-order valence-electron chi connectivity index (χ0n) is 13.9. The third kappa shape index (κ3) is 2.76. The second kappa shape index (κ2) is 6.68. The third-order valence-corrected chi connectivity index (χ3v) is 6.03. The monoisotopic (exact) mass is 386 g/mol. The van der Waals surface area contributed by atoms with E-state index in [4.69, 9.17) is 5.73 Å². The maximum atomic E-state index is 13.6. The van der Waals surface area contributed by atoms with Gasteiger partial charge in [0.15, 0.2) is 5.41 Å². The van der Waals surface area contributed by atoms with Crippen LogP contribution in [0.15, 0.2) is 47.2 Å². The molecule has 1 aliphatic carbocycles. The molecule has 1 aliphatic heterocycles. The summed E-state index contributed by atoms with van der Waals surface area (Å²) < 4.78 is 40.9. The van der Waals surface area contributed by atoms with Crippen molar-refractivity contribution in [2.24, 2.45) is 17.1 Å². The van der Waals surface area contributed by atoms with Gasteiger partial charge in [-0.25, -0.2) is 0 Å². The van der Waals surface area contributed by atoms with Crippen LogP contribution in [0.1, 0.15) is 17.0 Å². The van der Waals surface area contributed by atoms with Crippen LogP contribution in [-0.4, -0.2) is 11.5 Å². The molecule has 1 heterocycles. The van der Waals surface area contributed by atoms with E-state index in [1.807, 2.05) is 18.2 Å². The Morgan fingerprint density at radius 3 is 2.41 bits per heavy atom. The van der Waals surface area contributed by atoms with Crippen molar-refractivity contribution in [1.29, 1.82) is 15.8 Å². The van der Waals surface area contributed by atoms with Crippen LogP contribution < -0.4 is 5.73 Å². The average molecular weight is 386 g/mol. The van der Waals surface area contributed by atoms with E-state index in [0.29, 0.717) is 17.1 Å². The van der Waals surface area contributed by atoms with E-state index in [9.17, 15) is 29.0 Å². The maximum Gasteiger partial charge on any atom is 0.416 e. The van der Waals surface area contributed by atoms with Gasteiger partial charge in [-0.2, -0.15) is 40.7 Å². The molecule has 27 heavy (non-hydrogen) atoms. The quantitative estimate of drug-likeness (QED) is 0.790. The van der Waals surface area contributed by atoms with Gasteiger partial charge in [-0.1, -0.05) is 24.3 Å². The highest BCUT2D eigenvalue weighted by molar-refractivity contribution is 7.99. The lowest BCUT2D eigenvalue weighted by Crippen LogP contribution is -2.44. The van der Waals surface area contributed by atoms with E-state index in [1.54, 1.807) is 6.08 Å². The number of thioether (sulfide) groups is 1. The summed E-state index contributed by atoms with van der Waals surface area (Å²) in [4.78, 5) is 0. The maximum absolute atomic E-state index is 13.6. The summed E-state index contributed by atoms with van der Waals surface area (Å²) in [6, 6.07) is 10.6. The molecule has 0 fully saturated rings. The van der Waals surface area contributed by atoms with Gasteiger partial charge in [-0.15, -0.1) is 0 Å². The average Bonchev–Trinajstić information content (AvgIpc) is 2.66. The fourth-order valence-electron chi connectivity index (χ4n) is 3.86. The van der Waals surface area contributed by atoms with Crippen LogP contribution >= 0.6 is 11.8 Å². The highest BCUT2D eigenvalue weighted by Crippen LogP contribution is 2.56. The molecule has 2 N–H and O–H groups in total. The summed E-state index contributed by atoms with van der Waals surface area (Å²) in [5, 5.41) is 29.2. The molecule has 0 radical (unpaired) electrons. The minimum atomic E-state index is -4.65. The lowest BCUT2D eigenvalue weighted by atomic mass is 9.58. The number of nitrogens with zero attached hydrogens (tertiary/aromatic N) is 3. The fourth-order valence-corrected chi connectivity index (χ4v) is 4.92. The predicted octanol–water partition coefficient (Wildman–Crippen LogP) is 3.86. The Bertz CT molecular complexity index is 958. The number of allylic oxidation sites excluding steroid dienone is 3. The van der Waals surface area contributed by atoms with Crippen LogP contribution in [-0.2, 0) is 6.18 Å². The molecular weight excluding hydrogens is 373 g/mol. The van der Waals surface area contributed by atoms with E-state index < -0.39 is 29.0 Å². The Kier molecular flexibility index (Phi) is 4.68. The molecule has 0 aromatic heterocycles. The van der Waals surface area contributed by atoms with Gasteiger partial charge >= 0.3 is 6.18 Å². The molecule has 2 aliphatic rings. The third-order valence-electron chi connectivity index (χ3n) is 5.04. The molecule has 8 heteroatoms. The molecular formula is C19H13F3N4S. The zero-order valence-corrected chi connectivity index (χ0v) is 14.7. The first-order valence-corrected chi connectivity index (χ1v) is 9.14. The molecule has 2 atom stereocenters. The number of benzene rings is 1. The highest BCUT2D eigenvalue weighted by atomic mass is 32.2. The fraction of sp³-hybridized carbons (Fsp3) is 0.316. The number of fused-ring (bicyclic) bond motifs is 1. The van der Waals surface area contributed by atoms with Crippen molar-refractivity contribution in [2.45, 2.75) is 12.1 Å². The van der Waals surface area contributed by atoms with Crippen LogP contribution in [0.4, 0.5) is 13.2 Å². The molecule has 0 bridgehead atoms. The van der Waals surface area contributed by atoms with Crippen LogP contribution in [0.5, 0.6) is 0 Å². The first kappa shape index (κ1) is 18.9. The van der Waals surface area contributed by atoms with Gasteiger partial charge < -0.3 is 5.73 Å². The van der Waals surface area contributed by atoms with Gasteiger partial charge in [-0.05, 0) is 17.2 Å². The summed E-state index contributed by atoms with van der Waals surface area (Å²) >= 11 is 1.48. The van der Waals surface area contributed by atoms with Crippen LogP contribution in [0.25, 0.3) is 0 Å². The summed E-state index contributed by atoms with van der Waals surface area (Å²) in [7, 11) is 0. The number of nitriles is 3. The Labute approximate surface area is 158 Å². The van der Waals surface area contributed by atoms with E-state index in [2.05, 4.69) is 0 Å². The normalized spacial score (nSPS) is 24.1. The van der Waals surface area contributed by atoms with Crippen molar-refractivity contribution >= 4 is 11.8 Å². The Morgan fingerprint density at radius 2 is 1.81 bits per heavy atom. The molecule has 0 amide bonds. The van der Waals surface area contributed by atoms with Crippen molar-refractivity contribution in [3.63, 3.8) is 0 Å². The van der Waals surface area contributed by atoms with E-state index in [-0.39, 0.29) is 16.8 Å². The number of rotatable bonds is 1. The Hall–Kier alpha value is -2.89. The number of hydrogen-bond donors (Lipinski definition) is 1. The van der Waals surface area contributed by atoms with E-state index in [0.717, 1.165) is 6.07 Å². The van der Waals surface area contributed by atoms with Crippen molar-refractivity contribution in [2.75, 3.05) is 11.5 Å². The first-order chi connectivity index (χ1) is 12.8. The predicted molar refractivity (Wildman–Crippen MR) is 93.6 cm³/mol. The van der Waals surface area contributed by atoms with Crippen LogP contribution in [0, 0.1) is 45.3 Å². The Morgan fingerprint density at radius 1 is 1.15 bits per heavy atom. The van der Waals surface area contributed by atoms with E-state index >= 15 is 0 Å². The van der Waals surface area contributed by atoms with Crippen molar-refractivity contribution in [3.05, 3.63) is 58.3 Å². The minimum absolute atomic E-state index is 0.0316. The van der Waals surface area contributed by atoms with Gasteiger partial charge in [0.1, 0.15) is 6.07 Å². The first-order valence-electron chi connectivity index (χ1n) is 7.99. The summed E-state index contributed by atoms with van der Waals surface area (Å²) in [6.45, 7) is 0. The number of hydrogen-bond acceptors (Lipinski definition) is 5. The molecule has 0 saturated heterocycles.